The van der Waals surface area contributed by atoms with Gasteiger partial charge in [-0.2, -0.15) is 0 Å². The fraction of sp³-hybridized carbons (Fsp3) is 0.467. The Balaban J connectivity index is 1.95. The summed E-state index contributed by atoms with van der Waals surface area (Å²) >= 11 is 0. The number of hydrogen-bond acceptors (Lipinski definition) is 3. The Kier molecular flexibility index (Phi) is 4.68. The number of nitrogens with one attached hydrogen (secondary N) is 1. The zero-order chi connectivity index (χ0) is 13.7. The molecule has 2 aromatic rings. The summed E-state index contributed by atoms with van der Waals surface area (Å²) in [6, 6.07) is 9.10. The van der Waals surface area contributed by atoms with E-state index in [1.807, 2.05) is 0 Å². The third-order valence-electron chi connectivity index (χ3n) is 3.49. The summed E-state index contributed by atoms with van der Waals surface area (Å²) in [7, 11) is 0. The minimum absolute atomic E-state index is 0.313. The van der Waals surface area contributed by atoms with Crippen molar-refractivity contribution in [3.63, 3.8) is 0 Å². The normalized spacial score (nSPS) is 12.6. The average Bonchev–Trinajstić information content (AvgIpc) is 2.92. The summed E-state index contributed by atoms with van der Waals surface area (Å²) in [5, 5.41) is 11.6. The van der Waals surface area contributed by atoms with E-state index in [2.05, 4.69) is 65.1 Å². The van der Waals surface area contributed by atoms with Crippen LogP contribution in [0.25, 0.3) is 0 Å². The number of aromatic nitrogens is 3. The molecule has 0 aliphatic rings. The maximum Gasteiger partial charge on any atom is 0.146 e. The van der Waals surface area contributed by atoms with E-state index in [1.54, 1.807) is 6.33 Å². The van der Waals surface area contributed by atoms with E-state index in [0.29, 0.717) is 6.04 Å². The van der Waals surface area contributed by atoms with Crippen LogP contribution in [0.15, 0.2) is 30.6 Å². The summed E-state index contributed by atoms with van der Waals surface area (Å²) in [6.45, 7) is 8.09. The van der Waals surface area contributed by atoms with Gasteiger partial charge in [0.05, 0.1) is 6.54 Å². The summed E-state index contributed by atoms with van der Waals surface area (Å²) in [5.74, 6) is 0.986. The second-order valence-corrected chi connectivity index (χ2v) is 4.73. The van der Waals surface area contributed by atoms with Gasteiger partial charge in [-0.1, -0.05) is 31.2 Å². The van der Waals surface area contributed by atoms with E-state index in [0.717, 1.165) is 25.3 Å². The van der Waals surface area contributed by atoms with Gasteiger partial charge in [0.2, 0.25) is 0 Å². The highest BCUT2D eigenvalue weighted by Gasteiger charge is 2.07. The first-order valence-corrected chi connectivity index (χ1v) is 6.93. The van der Waals surface area contributed by atoms with Gasteiger partial charge in [-0.25, -0.2) is 0 Å². The second kappa shape index (κ2) is 6.48. The summed E-state index contributed by atoms with van der Waals surface area (Å²) in [5.41, 5.74) is 2.68. The molecular weight excluding hydrogens is 236 g/mol. The number of nitrogens with zero attached hydrogens (tertiary/aromatic N) is 3. The first-order valence-electron chi connectivity index (χ1n) is 6.93. The Morgan fingerprint density at radius 1 is 1.21 bits per heavy atom. The molecule has 1 heterocycles. The van der Waals surface area contributed by atoms with Crippen molar-refractivity contribution in [3.05, 3.63) is 47.5 Å². The van der Waals surface area contributed by atoms with Crippen LogP contribution in [0.3, 0.4) is 0 Å². The first-order chi connectivity index (χ1) is 9.24. The average molecular weight is 258 g/mol. The van der Waals surface area contributed by atoms with E-state index in [-0.39, 0.29) is 0 Å². The lowest BCUT2D eigenvalue weighted by molar-refractivity contribution is 0.539. The smallest absolute Gasteiger partial charge is 0.146 e. The molecule has 0 amide bonds. The van der Waals surface area contributed by atoms with Crippen LogP contribution >= 0.6 is 0 Å². The fourth-order valence-electron chi connectivity index (χ4n) is 2.08. The van der Waals surface area contributed by atoms with Crippen LogP contribution in [0.5, 0.6) is 0 Å². The molecule has 0 saturated heterocycles. The lowest BCUT2D eigenvalue weighted by Crippen LogP contribution is -2.20. The van der Waals surface area contributed by atoms with Crippen molar-refractivity contribution >= 4 is 0 Å². The number of aryl methyl sites for hydroxylation is 2. The maximum atomic E-state index is 4.13. The molecular formula is C15H22N4. The van der Waals surface area contributed by atoms with E-state index in [4.69, 9.17) is 0 Å². The molecule has 2 rings (SSSR count). The Morgan fingerprint density at radius 3 is 2.58 bits per heavy atom. The molecule has 4 nitrogen and oxygen atoms in total. The van der Waals surface area contributed by atoms with Gasteiger partial charge in [-0.3, -0.25) is 0 Å². The van der Waals surface area contributed by atoms with Crippen LogP contribution in [-0.4, -0.2) is 14.8 Å². The van der Waals surface area contributed by atoms with E-state index < -0.39 is 0 Å². The molecule has 1 aromatic carbocycles. The first kappa shape index (κ1) is 13.7. The number of rotatable bonds is 6. The molecule has 0 aliphatic heterocycles. The highest BCUT2D eigenvalue weighted by Crippen LogP contribution is 2.14. The molecule has 0 radical (unpaired) electrons. The van der Waals surface area contributed by atoms with Gasteiger partial charge < -0.3 is 9.88 Å². The van der Waals surface area contributed by atoms with Gasteiger partial charge in [-0.15, -0.1) is 10.2 Å². The molecule has 102 valence electrons. The Hall–Kier alpha value is -1.68. The highest BCUT2D eigenvalue weighted by molar-refractivity contribution is 5.24. The molecule has 0 bridgehead atoms. The van der Waals surface area contributed by atoms with Gasteiger partial charge >= 0.3 is 0 Å². The fourth-order valence-corrected chi connectivity index (χ4v) is 2.08. The lowest BCUT2D eigenvalue weighted by Gasteiger charge is -2.14. The lowest BCUT2D eigenvalue weighted by atomic mass is 10.1. The molecule has 19 heavy (non-hydrogen) atoms. The molecule has 0 fully saturated rings. The van der Waals surface area contributed by atoms with Gasteiger partial charge in [0, 0.05) is 12.6 Å². The minimum atomic E-state index is 0.313. The van der Waals surface area contributed by atoms with Gasteiger partial charge in [0.1, 0.15) is 12.2 Å². The zero-order valence-electron chi connectivity index (χ0n) is 11.9. The summed E-state index contributed by atoms with van der Waals surface area (Å²) in [6.07, 6.45) is 2.86. The molecule has 0 spiro atoms. The quantitative estimate of drug-likeness (QED) is 0.866. The Morgan fingerprint density at radius 2 is 1.95 bits per heavy atom. The SMILES string of the molecule is CCc1ccc(C(C)NCc2nncn2CC)cc1. The largest absolute Gasteiger partial charge is 0.317 e. The summed E-state index contributed by atoms with van der Waals surface area (Å²) < 4.78 is 2.06. The van der Waals surface area contributed by atoms with Crippen LogP contribution < -0.4 is 5.32 Å². The van der Waals surface area contributed by atoms with Crippen LogP contribution in [0.1, 0.15) is 43.8 Å². The maximum absolute atomic E-state index is 4.13. The van der Waals surface area contributed by atoms with E-state index >= 15 is 0 Å². The van der Waals surface area contributed by atoms with E-state index in [9.17, 15) is 0 Å². The minimum Gasteiger partial charge on any atom is -0.317 e. The van der Waals surface area contributed by atoms with Crippen molar-refractivity contribution in [2.24, 2.45) is 0 Å². The highest BCUT2D eigenvalue weighted by atomic mass is 15.3. The van der Waals surface area contributed by atoms with Crippen LogP contribution in [-0.2, 0) is 19.5 Å². The van der Waals surface area contributed by atoms with Crippen LogP contribution in [0.2, 0.25) is 0 Å². The number of benzene rings is 1. The predicted octanol–water partition coefficient (Wildman–Crippen LogP) is 2.71. The number of hydrogen-bond donors (Lipinski definition) is 1. The molecule has 1 unspecified atom stereocenters. The molecule has 0 saturated carbocycles. The van der Waals surface area contributed by atoms with E-state index in [1.165, 1.54) is 11.1 Å². The Bertz CT molecular complexity index is 501. The van der Waals surface area contributed by atoms with Gasteiger partial charge in [0.25, 0.3) is 0 Å². The monoisotopic (exact) mass is 258 g/mol. The molecule has 4 heteroatoms. The van der Waals surface area contributed by atoms with Gasteiger partial charge in [0.15, 0.2) is 0 Å². The topological polar surface area (TPSA) is 42.7 Å². The van der Waals surface area contributed by atoms with Gasteiger partial charge in [-0.05, 0) is 31.4 Å². The van der Waals surface area contributed by atoms with Crippen molar-refractivity contribution in [2.75, 3.05) is 0 Å². The van der Waals surface area contributed by atoms with Crippen molar-refractivity contribution < 1.29 is 0 Å². The summed E-state index contributed by atoms with van der Waals surface area (Å²) in [4.78, 5) is 0. The third-order valence-corrected chi connectivity index (χ3v) is 3.49. The standard InChI is InChI=1S/C15H22N4/c1-4-13-6-8-14(9-7-13)12(3)16-10-15-18-17-11-19(15)5-2/h6-9,11-12,16H,4-5,10H2,1-3H3. The zero-order valence-corrected chi connectivity index (χ0v) is 11.9. The second-order valence-electron chi connectivity index (χ2n) is 4.73. The van der Waals surface area contributed by atoms with Crippen molar-refractivity contribution in [2.45, 2.75) is 46.3 Å². The van der Waals surface area contributed by atoms with Crippen LogP contribution in [0.4, 0.5) is 0 Å². The molecule has 1 N–H and O–H groups in total. The molecule has 1 atom stereocenters. The van der Waals surface area contributed by atoms with Crippen molar-refractivity contribution in [1.29, 1.82) is 0 Å². The molecule has 1 aromatic heterocycles. The van der Waals surface area contributed by atoms with Crippen molar-refractivity contribution in [1.82, 2.24) is 20.1 Å². The Labute approximate surface area is 114 Å². The third kappa shape index (κ3) is 3.41. The molecule has 0 aliphatic carbocycles. The van der Waals surface area contributed by atoms with Crippen molar-refractivity contribution in [3.8, 4) is 0 Å². The van der Waals surface area contributed by atoms with Crippen LogP contribution in [0, 0.1) is 0 Å². The predicted molar refractivity (Wildman–Crippen MR) is 76.8 cm³/mol.